The van der Waals surface area contributed by atoms with Crippen LogP contribution in [0.2, 0.25) is 0 Å². The van der Waals surface area contributed by atoms with Crippen molar-refractivity contribution < 1.29 is 9.90 Å². The Labute approximate surface area is 84.8 Å². The van der Waals surface area contributed by atoms with E-state index in [2.05, 4.69) is 20.3 Å². The van der Waals surface area contributed by atoms with Crippen molar-refractivity contribution in [3.05, 3.63) is 18.1 Å². The number of H-pyrrole nitrogens is 1. The predicted molar refractivity (Wildman–Crippen MR) is 50.2 cm³/mol. The first kappa shape index (κ1) is 9.38. The average Bonchev–Trinajstić information content (AvgIpc) is 2.85. The van der Waals surface area contributed by atoms with Crippen molar-refractivity contribution in [1.29, 1.82) is 0 Å². The molecule has 15 heavy (non-hydrogen) atoms. The summed E-state index contributed by atoms with van der Waals surface area (Å²) in [6, 6.07) is 0. The van der Waals surface area contributed by atoms with Gasteiger partial charge >= 0.3 is 5.97 Å². The number of carbonyl (C=O) groups is 1. The average molecular weight is 207 g/mol. The van der Waals surface area contributed by atoms with Crippen LogP contribution in [-0.2, 0) is 6.54 Å². The van der Waals surface area contributed by atoms with Crippen molar-refractivity contribution >= 4 is 5.97 Å². The van der Waals surface area contributed by atoms with Crippen molar-refractivity contribution in [3.63, 3.8) is 0 Å². The lowest BCUT2D eigenvalue weighted by molar-refractivity contribution is 0.0697. The van der Waals surface area contributed by atoms with Gasteiger partial charge in [-0.2, -0.15) is 10.2 Å². The minimum Gasteiger partial charge on any atom is -0.478 e. The van der Waals surface area contributed by atoms with E-state index in [1.54, 1.807) is 4.68 Å². The van der Waals surface area contributed by atoms with Gasteiger partial charge in [0.2, 0.25) is 0 Å². The molecule has 0 spiro atoms. The van der Waals surface area contributed by atoms with Gasteiger partial charge in [-0.25, -0.2) is 14.5 Å². The zero-order valence-electron chi connectivity index (χ0n) is 8.01. The molecule has 0 amide bonds. The van der Waals surface area contributed by atoms with Gasteiger partial charge in [0, 0.05) is 6.54 Å². The number of nitrogens with one attached hydrogen (secondary N) is 1. The first-order chi connectivity index (χ1) is 7.24. The Balaban J connectivity index is 2.54. The number of hydrogen-bond acceptors (Lipinski definition) is 4. The van der Waals surface area contributed by atoms with Crippen LogP contribution in [0, 0.1) is 0 Å². The third-order valence-electron chi connectivity index (χ3n) is 2.01. The number of nitrogens with zero attached hydrogens (tertiary/aromatic N) is 4. The Kier molecular flexibility index (Phi) is 2.20. The summed E-state index contributed by atoms with van der Waals surface area (Å²) < 4.78 is 1.60. The highest BCUT2D eigenvalue weighted by Crippen LogP contribution is 2.17. The fourth-order valence-electron chi connectivity index (χ4n) is 1.31. The number of aromatic nitrogens is 5. The van der Waals surface area contributed by atoms with E-state index in [9.17, 15) is 4.79 Å². The van der Waals surface area contributed by atoms with Gasteiger partial charge in [0.15, 0.2) is 5.82 Å². The van der Waals surface area contributed by atoms with Gasteiger partial charge in [0.05, 0.1) is 6.20 Å². The lowest BCUT2D eigenvalue weighted by atomic mass is 10.2. The summed E-state index contributed by atoms with van der Waals surface area (Å²) in [7, 11) is 0. The highest BCUT2D eigenvalue weighted by molar-refractivity contribution is 5.93. The quantitative estimate of drug-likeness (QED) is 0.758. The van der Waals surface area contributed by atoms with E-state index in [0.717, 1.165) is 0 Å². The molecule has 0 saturated carbocycles. The molecule has 2 rings (SSSR count). The van der Waals surface area contributed by atoms with Gasteiger partial charge in [-0.3, -0.25) is 5.10 Å². The van der Waals surface area contributed by atoms with E-state index < -0.39 is 5.97 Å². The lowest BCUT2D eigenvalue weighted by Crippen LogP contribution is -2.03. The minimum absolute atomic E-state index is 0.0951. The number of aryl methyl sites for hydroxylation is 1. The third-order valence-corrected chi connectivity index (χ3v) is 2.01. The van der Waals surface area contributed by atoms with Gasteiger partial charge < -0.3 is 5.11 Å². The first-order valence-electron chi connectivity index (χ1n) is 4.39. The van der Waals surface area contributed by atoms with Crippen LogP contribution in [0.25, 0.3) is 11.5 Å². The molecule has 0 fully saturated rings. The highest BCUT2D eigenvalue weighted by Gasteiger charge is 2.17. The summed E-state index contributed by atoms with van der Waals surface area (Å²) in [5.74, 6) is -0.559. The second-order valence-electron chi connectivity index (χ2n) is 2.86. The number of carboxylic acids is 1. The van der Waals surface area contributed by atoms with Gasteiger partial charge in [-0.15, -0.1) is 0 Å². The van der Waals surface area contributed by atoms with Crippen LogP contribution in [0.1, 0.15) is 17.3 Å². The molecule has 0 bridgehead atoms. The van der Waals surface area contributed by atoms with E-state index in [1.807, 2.05) is 6.92 Å². The topological polar surface area (TPSA) is 96.7 Å². The Hall–Kier alpha value is -2.18. The van der Waals surface area contributed by atoms with Crippen LogP contribution in [0.3, 0.4) is 0 Å². The maximum absolute atomic E-state index is 10.9. The van der Waals surface area contributed by atoms with Gasteiger partial charge in [-0.1, -0.05) is 0 Å². The van der Waals surface area contributed by atoms with E-state index in [1.165, 1.54) is 12.5 Å². The van der Waals surface area contributed by atoms with Crippen molar-refractivity contribution in [1.82, 2.24) is 25.0 Å². The summed E-state index contributed by atoms with van der Waals surface area (Å²) in [6.45, 7) is 2.52. The zero-order valence-corrected chi connectivity index (χ0v) is 8.01. The summed E-state index contributed by atoms with van der Waals surface area (Å²) in [5.41, 5.74) is 0.472. The summed E-state index contributed by atoms with van der Waals surface area (Å²) in [4.78, 5) is 14.9. The molecule has 0 aliphatic carbocycles. The molecule has 2 N–H and O–H groups in total. The Morgan fingerprint density at radius 2 is 2.47 bits per heavy atom. The minimum atomic E-state index is -1.04. The Morgan fingerprint density at radius 3 is 3.13 bits per heavy atom. The summed E-state index contributed by atoms with van der Waals surface area (Å²) in [5, 5.41) is 19.2. The molecule has 0 saturated heterocycles. The van der Waals surface area contributed by atoms with Crippen LogP contribution < -0.4 is 0 Å². The molecule has 7 heteroatoms. The molecule has 0 aliphatic heterocycles. The third kappa shape index (κ3) is 1.47. The first-order valence-corrected chi connectivity index (χ1v) is 4.39. The smallest absolute Gasteiger partial charge is 0.339 e. The fraction of sp³-hybridized carbons (Fsp3) is 0.250. The normalized spacial score (nSPS) is 10.5. The van der Waals surface area contributed by atoms with Crippen LogP contribution in [-0.4, -0.2) is 36.0 Å². The molecule has 0 aromatic carbocycles. The Bertz CT molecular complexity index is 487. The van der Waals surface area contributed by atoms with E-state index >= 15 is 0 Å². The molecule has 7 nitrogen and oxygen atoms in total. The fourth-order valence-corrected chi connectivity index (χ4v) is 1.31. The van der Waals surface area contributed by atoms with Crippen LogP contribution in [0.5, 0.6) is 0 Å². The number of rotatable bonds is 3. The van der Waals surface area contributed by atoms with Crippen LogP contribution >= 0.6 is 0 Å². The molecule has 0 aliphatic rings. The van der Waals surface area contributed by atoms with Crippen molar-refractivity contribution in [2.45, 2.75) is 13.5 Å². The Morgan fingerprint density at radius 1 is 1.67 bits per heavy atom. The number of aromatic carboxylic acids is 1. The largest absolute Gasteiger partial charge is 0.478 e. The number of hydrogen-bond donors (Lipinski definition) is 2. The van der Waals surface area contributed by atoms with Crippen molar-refractivity contribution in [2.75, 3.05) is 0 Å². The van der Waals surface area contributed by atoms with E-state index in [-0.39, 0.29) is 5.56 Å². The van der Waals surface area contributed by atoms with Gasteiger partial charge in [0.25, 0.3) is 0 Å². The summed E-state index contributed by atoms with van der Waals surface area (Å²) >= 11 is 0. The van der Waals surface area contributed by atoms with Crippen LogP contribution in [0.15, 0.2) is 12.5 Å². The monoisotopic (exact) mass is 207 g/mol. The van der Waals surface area contributed by atoms with Crippen LogP contribution in [0.4, 0.5) is 0 Å². The SMILES string of the molecule is CCn1ncnc1-c1[nH]ncc1C(=O)O. The standard InChI is InChI=1S/C8H9N5O2/c1-2-13-7(9-4-11-13)6-5(8(14)15)3-10-12-6/h3-4H,2H2,1H3,(H,10,12)(H,14,15). The molecule has 2 aromatic rings. The molecule has 2 aromatic heterocycles. The number of carboxylic acid groups (broad SMARTS) is 1. The predicted octanol–water partition coefficient (Wildman–Crippen LogP) is 0.386. The summed E-state index contributed by atoms with van der Waals surface area (Å²) in [6.07, 6.45) is 2.64. The van der Waals surface area contributed by atoms with Gasteiger partial charge in [0.1, 0.15) is 17.6 Å². The van der Waals surface area contributed by atoms with E-state index in [0.29, 0.717) is 18.1 Å². The molecule has 2 heterocycles. The zero-order chi connectivity index (χ0) is 10.8. The van der Waals surface area contributed by atoms with Crippen molar-refractivity contribution in [2.24, 2.45) is 0 Å². The molecule has 78 valence electrons. The molecular weight excluding hydrogens is 198 g/mol. The number of aromatic amines is 1. The second kappa shape index (κ2) is 3.52. The maximum Gasteiger partial charge on any atom is 0.339 e. The molecule has 0 unspecified atom stereocenters. The molecule has 0 atom stereocenters. The molecule has 0 radical (unpaired) electrons. The van der Waals surface area contributed by atoms with Gasteiger partial charge in [-0.05, 0) is 6.92 Å². The maximum atomic E-state index is 10.9. The molecular formula is C8H9N5O2. The van der Waals surface area contributed by atoms with E-state index in [4.69, 9.17) is 5.11 Å². The van der Waals surface area contributed by atoms with Crippen molar-refractivity contribution in [3.8, 4) is 11.5 Å². The highest BCUT2D eigenvalue weighted by atomic mass is 16.4. The lowest BCUT2D eigenvalue weighted by Gasteiger charge is -2.00. The second-order valence-corrected chi connectivity index (χ2v) is 2.86.